The summed E-state index contributed by atoms with van der Waals surface area (Å²) in [7, 11) is 0.360. The number of ether oxygens (including phenoxy) is 1. The lowest BCUT2D eigenvalue weighted by Gasteiger charge is -2.26. The van der Waals surface area contributed by atoms with Crippen LogP contribution in [0.5, 0.6) is 0 Å². The molecule has 1 N–H and O–H groups in total. The van der Waals surface area contributed by atoms with Crippen LogP contribution in [0.25, 0.3) is 0 Å². The summed E-state index contributed by atoms with van der Waals surface area (Å²) in [5, 5.41) is 8.99. The Bertz CT molecular complexity index is 453. The molecule has 3 unspecified atom stereocenters. The molecule has 1 fully saturated rings. The second-order valence-electron chi connectivity index (χ2n) is 4.37. The Morgan fingerprint density at radius 1 is 1.50 bits per heavy atom. The average molecular weight is 272 g/mol. The van der Waals surface area contributed by atoms with E-state index in [0.717, 1.165) is 25.7 Å². The van der Waals surface area contributed by atoms with Crippen LogP contribution in [0.3, 0.4) is 0 Å². The van der Waals surface area contributed by atoms with E-state index in [9.17, 15) is 9.00 Å². The molecule has 3 atom stereocenters. The molecule has 0 spiro atoms. The van der Waals surface area contributed by atoms with Crippen LogP contribution in [0, 0.1) is 0 Å². The number of carboxylic acid groups (broad SMARTS) is 1. The highest BCUT2D eigenvalue weighted by atomic mass is 32.2. The monoisotopic (exact) mass is 272 g/mol. The molecule has 1 saturated carbocycles. The van der Waals surface area contributed by atoms with Crippen molar-refractivity contribution in [1.29, 1.82) is 0 Å². The van der Waals surface area contributed by atoms with E-state index >= 15 is 0 Å². The molecule has 0 aromatic carbocycles. The largest absolute Gasteiger partial charge is 0.475 e. The quantitative estimate of drug-likeness (QED) is 0.907. The Hall–Kier alpha value is -1.14. The van der Waals surface area contributed by atoms with E-state index in [2.05, 4.69) is 0 Å². The fourth-order valence-electron chi connectivity index (χ4n) is 2.22. The summed E-state index contributed by atoms with van der Waals surface area (Å²) in [5.41, 5.74) is 0. The summed E-state index contributed by atoms with van der Waals surface area (Å²) in [6.07, 6.45) is 3.69. The molecule has 2 rings (SSSR count). The highest BCUT2D eigenvalue weighted by Gasteiger charge is 2.29. The van der Waals surface area contributed by atoms with Crippen LogP contribution in [0.15, 0.2) is 21.6 Å². The molecule has 0 aliphatic heterocycles. The van der Waals surface area contributed by atoms with Crippen LogP contribution in [-0.4, -0.2) is 33.7 Å². The molecule has 0 saturated heterocycles. The Morgan fingerprint density at radius 2 is 2.28 bits per heavy atom. The van der Waals surface area contributed by atoms with Gasteiger partial charge in [-0.15, -0.1) is 0 Å². The molecule has 18 heavy (non-hydrogen) atoms. The number of hydrogen-bond donors (Lipinski definition) is 1. The fraction of sp³-hybridized carbons (Fsp3) is 0.583. The zero-order valence-electron chi connectivity index (χ0n) is 10.1. The smallest absolute Gasteiger partial charge is 0.371 e. The van der Waals surface area contributed by atoms with Gasteiger partial charge in [0.1, 0.15) is 0 Å². The third kappa shape index (κ3) is 2.81. The third-order valence-electron chi connectivity index (χ3n) is 3.20. The average Bonchev–Trinajstić information content (AvgIpc) is 2.87. The van der Waals surface area contributed by atoms with Crippen LogP contribution in [0.1, 0.15) is 36.2 Å². The van der Waals surface area contributed by atoms with Gasteiger partial charge in [0.2, 0.25) is 5.76 Å². The summed E-state index contributed by atoms with van der Waals surface area (Å²) in [4.78, 5) is 10.7. The first-order valence-corrected chi connectivity index (χ1v) is 7.09. The number of carboxylic acids is 1. The third-order valence-corrected chi connectivity index (χ3v) is 4.85. The summed E-state index contributed by atoms with van der Waals surface area (Å²) in [5.74, 6) is -1.31. The zero-order valence-corrected chi connectivity index (χ0v) is 10.9. The van der Waals surface area contributed by atoms with E-state index in [1.165, 1.54) is 12.1 Å². The van der Waals surface area contributed by atoms with Gasteiger partial charge in [-0.1, -0.05) is 0 Å². The molecule has 5 nitrogen and oxygen atoms in total. The van der Waals surface area contributed by atoms with E-state index in [1.807, 2.05) is 0 Å². The molecular weight excluding hydrogens is 256 g/mol. The van der Waals surface area contributed by atoms with Crippen molar-refractivity contribution in [2.45, 2.75) is 42.1 Å². The van der Waals surface area contributed by atoms with Gasteiger partial charge < -0.3 is 14.3 Å². The maximum atomic E-state index is 12.3. The number of aromatic carboxylic acids is 1. The molecule has 100 valence electrons. The van der Waals surface area contributed by atoms with Crippen LogP contribution in [-0.2, 0) is 15.5 Å². The minimum absolute atomic E-state index is 0.0171. The number of carbonyl (C=O) groups is 1. The van der Waals surface area contributed by atoms with Gasteiger partial charge in [-0.2, -0.15) is 0 Å². The SMILES string of the molecule is COC1CCCC(S(=O)c2ccc(C(=O)O)o2)C1. The Balaban J connectivity index is 2.07. The summed E-state index contributed by atoms with van der Waals surface area (Å²) >= 11 is 0. The molecule has 0 amide bonds. The second-order valence-corrected chi connectivity index (χ2v) is 6.03. The molecule has 1 aromatic rings. The van der Waals surface area contributed by atoms with E-state index in [4.69, 9.17) is 14.3 Å². The number of hydrogen-bond acceptors (Lipinski definition) is 4. The van der Waals surface area contributed by atoms with Crippen molar-refractivity contribution in [3.05, 3.63) is 17.9 Å². The van der Waals surface area contributed by atoms with Crippen LogP contribution < -0.4 is 0 Å². The summed E-state index contributed by atoms with van der Waals surface area (Å²) < 4.78 is 22.6. The molecule has 1 aliphatic rings. The molecule has 0 bridgehead atoms. The van der Waals surface area contributed by atoms with Gasteiger partial charge >= 0.3 is 5.97 Å². The molecule has 1 aromatic heterocycles. The van der Waals surface area contributed by atoms with Gasteiger partial charge in [0.05, 0.1) is 16.9 Å². The Labute approximate surface area is 108 Å². The van der Waals surface area contributed by atoms with E-state index in [-0.39, 0.29) is 22.2 Å². The summed E-state index contributed by atoms with van der Waals surface area (Å²) in [6.45, 7) is 0. The molecule has 0 radical (unpaired) electrons. The Kier molecular flexibility index (Phi) is 4.19. The van der Waals surface area contributed by atoms with Crippen molar-refractivity contribution in [3.63, 3.8) is 0 Å². The van der Waals surface area contributed by atoms with Crippen LogP contribution in [0.4, 0.5) is 0 Å². The molecule has 1 heterocycles. The van der Waals surface area contributed by atoms with Crippen LogP contribution in [0.2, 0.25) is 0 Å². The van der Waals surface area contributed by atoms with Crippen molar-refractivity contribution < 1.29 is 23.3 Å². The Morgan fingerprint density at radius 3 is 2.89 bits per heavy atom. The number of methoxy groups -OCH3 is 1. The lowest BCUT2D eigenvalue weighted by molar-refractivity contribution is 0.0655. The molecule has 1 aliphatic carbocycles. The van der Waals surface area contributed by atoms with Crippen LogP contribution >= 0.6 is 0 Å². The van der Waals surface area contributed by atoms with E-state index in [1.54, 1.807) is 7.11 Å². The predicted octanol–water partition coefficient (Wildman–Crippen LogP) is 2.04. The minimum Gasteiger partial charge on any atom is -0.475 e. The summed E-state index contributed by atoms with van der Waals surface area (Å²) in [6, 6.07) is 2.82. The number of furan rings is 1. The minimum atomic E-state index is -1.30. The van der Waals surface area contributed by atoms with Crippen molar-refractivity contribution in [1.82, 2.24) is 0 Å². The first kappa shape index (κ1) is 13.3. The lowest BCUT2D eigenvalue weighted by Crippen LogP contribution is -2.28. The van der Waals surface area contributed by atoms with Crippen molar-refractivity contribution >= 4 is 16.8 Å². The first-order valence-electron chi connectivity index (χ1n) is 5.88. The number of rotatable bonds is 4. The maximum Gasteiger partial charge on any atom is 0.371 e. The zero-order chi connectivity index (χ0) is 13.1. The second kappa shape index (κ2) is 5.67. The van der Waals surface area contributed by atoms with Crippen molar-refractivity contribution in [2.24, 2.45) is 0 Å². The highest BCUT2D eigenvalue weighted by Crippen LogP contribution is 2.28. The van der Waals surface area contributed by atoms with Gasteiger partial charge in [-0.05, 0) is 37.8 Å². The van der Waals surface area contributed by atoms with Gasteiger partial charge in [-0.25, -0.2) is 4.79 Å². The van der Waals surface area contributed by atoms with Gasteiger partial charge in [0.25, 0.3) is 0 Å². The molecular formula is C12H16O5S. The van der Waals surface area contributed by atoms with Crippen molar-refractivity contribution in [2.75, 3.05) is 7.11 Å². The van der Waals surface area contributed by atoms with Gasteiger partial charge in [0, 0.05) is 12.4 Å². The van der Waals surface area contributed by atoms with Gasteiger partial charge in [0.15, 0.2) is 5.09 Å². The standard InChI is InChI=1S/C12H16O5S/c1-16-8-3-2-4-9(7-8)18(15)11-6-5-10(17-11)12(13)14/h5-6,8-9H,2-4,7H2,1H3,(H,13,14). The van der Waals surface area contributed by atoms with Crippen molar-refractivity contribution in [3.8, 4) is 0 Å². The van der Waals surface area contributed by atoms with E-state index < -0.39 is 16.8 Å². The predicted molar refractivity (Wildman–Crippen MR) is 65.1 cm³/mol. The topological polar surface area (TPSA) is 76.7 Å². The maximum absolute atomic E-state index is 12.3. The van der Waals surface area contributed by atoms with Gasteiger partial charge in [-0.3, -0.25) is 4.21 Å². The fourth-order valence-corrected chi connectivity index (χ4v) is 3.69. The highest BCUT2D eigenvalue weighted by molar-refractivity contribution is 7.85. The first-order chi connectivity index (χ1) is 8.61. The molecule has 6 heteroatoms. The normalized spacial score (nSPS) is 25.8. The van der Waals surface area contributed by atoms with E-state index in [0.29, 0.717) is 0 Å². The lowest BCUT2D eigenvalue weighted by atomic mass is 9.97.